The third-order valence-corrected chi connectivity index (χ3v) is 2.03. The van der Waals surface area contributed by atoms with E-state index >= 15 is 0 Å². The number of hydrogen-bond acceptors (Lipinski definition) is 3. The van der Waals surface area contributed by atoms with Crippen LogP contribution in [0.15, 0.2) is 0 Å². The molecule has 72 valence electrons. The average molecular weight is 192 g/mol. The van der Waals surface area contributed by atoms with Gasteiger partial charge < -0.3 is 15.4 Å². The standard InChI is InChI=1S/C7H16N2O2S/c1-8-7(10)9-6(4-11-2)5-12-3/h6H,4-5H2,1-3H3,(H2,8,9,10). The summed E-state index contributed by atoms with van der Waals surface area (Å²) in [4.78, 5) is 10.9. The summed E-state index contributed by atoms with van der Waals surface area (Å²) in [5.74, 6) is 0.862. The SMILES string of the molecule is CNC(=O)NC(COC)CSC. The molecule has 0 aliphatic carbocycles. The van der Waals surface area contributed by atoms with Gasteiger partial charge in [0.1, 0.15) is 0 Å². The molecule has 4 nitrogen and oxygen atoms in total. The number of methoxy groups -OCH3 is 1. The summed E-state index contributed by atoms with van der Waals surface area (Å²) in [7, 11) is 3.22. The van der Waals surface area contributed by atoms with Gasteiger partial charge in [0, 0.05) is 19.9 Å². The molecule has 0 aliphatic rings. The lowest BCUT2D eigenvalue weighted by molar-refractivity contribution is 0.172. The fourth-order valence-electron chi connectivity index (χ4n) is 0.791. The fraction of sp³-hybridized carbons (Fsp3) is 0.857. The molecule has 0 radical (unpaired) electrons. The number of carbonyl (C=O) groups excluding carboxylic acids is 1. The Morgan fingerprint density at radius 1 is 1.67 bits per heavy atom. The molecular formula is C7H16N2O2S. The molecule has 2 amide bonds. The first-order valence-electron chi connectivity index (χ1n) is 3.70. The van der Waals surface area contributed by atoms with E-state index in [9.17, 15) is 4.79 Å². The van der Waals surface area contributed by atoms with Crippen molar-refractivity contribution in [2.24, 2.45) is 0 Å². The van der Waals surface area contributed by atoms with Crippen LogP contribution in [0, 0.1) is 0 Å². The van der Waals surface area contributed by atoms with Gasteiger partial charge in [0.05, 0.1) is 12.6 Å². The molecule has 0 rings (SSSR count). The van der Waals surface area contributed by atoms with E-state index in [1.165, 1.54) is 0 Å². The number of ether oxygens (including phenoxy) is 1. The number of thioether (sulfide) groups is 1. The van der Waals surface area contributed by atoms with Crippen LogP contribution >= 0.6 is 11.8 Å². The Morgan fingerprint density at radius 3 is 2.75 bits per heavy atom. The normalized spacial score (nSPS) is 12.2. The van der Waals surface area contributed by atoms with Crippen molar-refractivity contribution < 1.29 is 9.53 Å². The van der Waals surface area contributed by atoms with Crippen molar-refractivity contribution in [3.8, 4) is 0 Å². The number of carbonyl (C=O) groups is 1. The van der Waals surface area contributed by atoms with E-state index < -0.39 is 0 Å². The zero-order valence-electron chi connectivity index (χ0n) is 7.72. The average Bonchev–Trinajstić information content (AvgIpc) is 2.05. The van der Waals surface area contributed by atoms with Gasteiger partial charge in [0.15, 0.2) is 0 Å². The van der Waals surface area contributed by atoms with Crippen LogP contribution in [0.5, 0.6) is 0 Å². The molecule has 0 saturated heterocycles. The second kappa shape index (κ2) is 7.24. The van der Waals surface area contributed by atoms with Gasteiger partial charge in [-0.25, -0.2) is 4.79 Å². The third kappa shape index (κ3) is 5.26. The van der Waals surface area contributed by atoms with Crippen molar-refractivity contribution in [1.29, 1.82) is 0 Å². The van der Waals surface area contributed by atoms with Crippen molar-refractivity contribution in [3.05, 3.63) is 0 Å². The topological polar surface area (TPSA) is 50.4 Å². The summed E-state index contributed by atoms with van der Waals surface area (Å²) in [5, 5.41) is 5.27. The lowest BCUT2D eigenvalue weighted by atomic mass is 10.4. The van der Waals surface area contributed by atoms with Crippen molar-refractivity contribution in [2.45, 2.75) is 6.04 Å². The predicted octanol–water partition coefficient (Wildman–Crippen LogP) is 0.293. The predicted molar refractivity (Wildman–Crippen MR) is 51.6 cm³/mol. The van der Waals surface area contributed by atoms with Gasteiger partial charge in [0.25, 0.3) is 0 Å². The lowest BCUT2D eigenvalue weighted by Crippen LogP contribution is -2.44. The Bertz CT molecular complexity index is 127. The molecule has 5 heteroatoms. The van der Waals surface area contributed by atoms with Crippen LogP contribution in [0.3, 0.4) is 0 Å². The van der Waals surface area contributed by atoms with E-state index in [0.717, 1.165) is 5.75 Å². The van der Waals surface area contributed by atoms with E-state index in [1.807, 2.05) is 6.26 Å². The second-order valence-corrected chi connectivity index (χ2v) is 3.24. The Hall–Kier alpha value is -0.420. The number of hydrogen-bond donors (Lipinski definition) is 2. The number of rotatable bonds is 5. The zero-order valence-corrected chi connectivity index (χ0v) is 8.53. The summed E-state index contributed by atoms with van der Waals surface area (Å²) in [6, 6.07) is -0.0731. The van der Waals surface area contributed by atoms with Crippen LogP contribution in [-0.4, -0.2) is 44.8 Å². The molecule has 0 heterocycles. The first-order chi connectivity index (χ1) is 5.74. The first kappa shape index (κ1) is 11.6. The molecule has 1 unspecified atom stereocenters. The van der Waals surface area contributed by atoms with E-state index in [4.69, 9.17) is 4.74 Å². The van der Waals surface area contributed by atoms with Gasteiger partial charge in [-0.05, 0) is 6.26 Å². The van der Waals surface area contributed by atoms with E-state index in [0.29, 0.717) is 6.61 Å². The number of urea groups is 1. The summed E-state index contributed by atoms with van der Waals surface area (Å²) in [5.41, 5.74) is 0. The van der Waals surface area contributed by atoms with Gasteiger partial charge in [0.2, 0.25) is 0 Å². The summed E-state index contributed by atoms with van der Waals surface area (Å²) in [6.07, 6.45) is 1.99. The van der Waals surface area contributed by atoms with Crippen LogP contribution in [0.2, 0.25) is 0 Å². The molecule has 0 bridgehead atoms. The van der Waals surface area contributed by atoms with E-state index in [-0.39, 0.29) is 12.1 Å². The van der Waals surface area contributed by atoms with Gasteiger partial charge in [-0.2, -0.15) is 11.8 Å². The molecule has 12 heavy (non-hydrogen) atoms. The summed E-state index contributed by atoms with van der Waals surface area (Å²) in [6.45, 7) is 0.550. The van der Waals surface area contributed by atoms with Gasteiger partial charge in [-0.3, -0.25) is 0 Å². The third-order valence-electron chi connectivity index (χ3n) is 1.30. The number of nitrogens with one attached hydrogen (secondary N) is 2. The highest BCUT2D eigenvalue weighted by Gasteiger charge is 2.09. The van der Waals surface area contributed by atoms with Crippen molar-refractivity contribution >= 4 is 17.8 Å². The van der Waals surface area contributed by atoms with E-state index in [1.54, 1.807) is 25.9 Å². The lowest BCUT2D eigenvalue weighted by Gasteiger charge is -2.15. The molecule has 2 N–H and O–H groups in total. The fourth-order valence-corrected chi connectivity index (χ4v) is 1.37. The maximum absolute atomic E-state index is 10.9. The highest BCUT2D eigenvalue weighted by molar-refractivity contribution is 7.98. The zero-order chi connectivity index (χ0) is 9.40. The van der Waals surface area contributed by atoms with Crippen LogP contribution < -0.4 is 10.6 Å². The second-order valence-electron chi connectivity index (χ2n) is 2.33. The van der Waals surface area contributed by atoms with Crippen molar-refractivity contribution in [1.82, 2.24) is 10.6 Å². The minimum Gasteiger partial charge on any atom is -0.383 e. The maximum Gasteiger partial charge on any atom is 0.314 e. The van der Waals surface area contributed by atoms with Gasteiger partial charge >= 0.3 is 6.03 Å². The first-order valence-corrected chi connectivity index (χ1v) is 5.10. The van der Waals surface area contributed by atoms with Crippen molar-refractivity contribution in [2.75, 3.05) is 32.8 Å². The molecule has 0 aromatic heterocycles. The summed E-state index contributed by atoms with van der Waals surface area (Å²) < 4.78 is 4.95. The van der Waals surface area contributed by atoms with E-state index in [2.05, 4.69) is 10.6 Å². The summed E-state index contributed by atoms with van der Waals surface area (Å²) >= 11 is 1.68. The van der Waals surface area contributed by atoms with Crippen molar-refractivity contribution in [3.63, 3.8) is 0 Å². The molecule has 0 aliphatic heterocycles. The smallest absolute Gasteiger partial charge is 0.314 e. The van der Waals surface area contributed by atoms with Crippen LogP contribution in [0.1, 0.15) is 0 Å². The number of amides is 2. The molecule has 0 fully saturated rings. The molecule has 0 spiro atoms. The minimum atomic E-state index is -0.161. The van der Waals surface area contributed by atoms with Crippen LogP contribution in [0.25, 0.3) is 0 Å². The molecular weight excluding hydrogens is 176 g/mol. The Kier molecular flexibility index (Phi) is 6.99. The molecule has 1 atom stereocenters. The monoisotopic (exact) mass is 192 g/mol. The maximum atomic E-state index is 10.9. The largest absolute Gasteiger partial charge is 0.383 e. The van der Waals surface area contributed by atoms with Crippen LogP contribution in [0.4, 0.5) is 4.79 Å². The Balaban J connectivity index is 3.68. The Morgan fingerprint density at radius 2 is 2.33 bits per heavy atom. The molecule has 0 aromatic carbocycles. The quantitative estimate of drug-likeness (QED) is 0.658. The molecule has 0 aromatic rings. The van der Waals surface area contributed by atoms with Crippen LogP contribution in [-0.2, 0) is 4.74 Å². The Labute approximate surface area is 77.4 Å². The van der Waals surface area contributed by atoms with Gasteiger partial charge in [-0.1, -0.05) is 0 Å². The molecule has 0 saturated carbocycles. The highest BCUT2D eigenvalue weighted by atomic mass is 32.2. The van der Waals surface area contributed by atoms with Gasteiger partial charge in [-0.15, -0.1) is 0 Å². The minimum absolute atomic E-state index is 0.0879. The highest BCUT2D eigenvalue weighted by Crippen LogP contribution is 1.97.